The smallest absolute Gasteiger partial charge is 0.224 e. The molecule has 0 aliphatic rings. The number of carbonyl (C=O) groups excluding carboxylic acids is 1. The van der Waals surface area contributed by atoms with Crippen LogP contribution in [0.2, 0.25) is 0 Å². The molecule has 0 aromatic heterocycles. The van der Waals surface area contributed by atoms with Crippen molar-refractivity contribution in [2.75, 3.05) is 12.8 Å². The lowest BCUT2D eigenvalue weighted by Gasteiger charge is -2.07. The van der Waals surface area contributed by atoms with E-state index < -0.39 is 18.5 Å². The maximum absolute atomic E-state index is 10.7. The molecule has 0 fully saturated rings. The highest BCUT2D eigenvalue weighted by molar-refractivity contribution is 7.57. The molecule has 0 saturated heterocycles. The molecule has 0 rings (SSSR count). The van der Waals surface area contributed by atoms with Gasteiger partial charge >= 0.3 is 0 Å². The van der Waals surface area contributed by atoms with Crippen LogP contribution in [0.15, 0.2) is 0 Å². The SMILES string of the molecule is CC(CP(C)(=O)O)C(=O)Cl. The molecular weight excluding hydrogens is 174 g/mol. The average Bonchev–Trinajstić information content (AvgIpc) is 1.60. The topological polar surface area (TPSA) is 54.4 Å². The molecular formula is C5H10ClO3P. The summed E-state index contributed by atoms with van der Waals surface area (Å²) in [4.78, 5) is 19.1. The van der Waals surface area contributed by atoms with Gasteiger partial charge in [-0.1, -0.05) is 6.92 Å². The molecule has 0 saturated carbocycles. The van der Waals surface area contributed by atoms with Crippen LogP contribution in [0.4, 0.5) is 0 Å². The van der Waals surface area contributed by atoms with E-state index >= 15 is 0 Å². The molecule has 0 aliphatic carbocycles. The van der Waals surface area contributed by atoms with Gasteiger partial charge in [0.2, 0.25) is 5.24 Å². The van der Waals surface area contributed by atoms with Gasteiger partial charge in [-0.2, -0.15) is 0 Å². The number of halogens is 1. The summed E-state index contributed by atoms with van der Waals surface area (Å²) in [5.41, 5.74) is 0. The fourth-order valence-electron chi connectivity index (χ4n) is 0.580. The van der Waals surface area contributed by atoms with Gasteiger partial charge in [-0.15, -0.1) is 0 Å². The van der Waals surface area contributed by atoms with E-state index in [2.05, 4.69) is 0 Å². The molecule has 0 aromatic rings. The third-order valence-corrected chi connectivity index (χ3v) is 2.60. The van der Waals surface area contributed by atoms with E-state index in [-0.39, 0.29) is 6.16 Å². The minimum atomic E-state index is -3.08. The third-order valence-electron chi connectivity index (χ3n) is 1.00. The quantitative estimate of drug-likeness (QED) is 0.531. The number of rotatable bonds is 3. The van der Waals surface area contributed by atoms with Gasteiger partial charge in [-0.3, -0.25) is 9.36 Å². The molecule has 60 valence electrons. The van der Waals surface area contributed by atoms with Crippen LogP contribution in [-0.4, -0.2) is 23.0 Å². The second kappa shape index (κ2) is 3.51. The Morgan fingerprint density at radius 3 is 2.30 bits per heavy atom. The average molecular weight is 185 g/mol. The first-order valence-electron chi connectivity index (χ1n) is 2.81. The molecule has 10 heavy (non-hydrogen) atoms. The minimum Gasteiger partial charge on any atom is -0.344 e. The van der Waals surface area contributed by atoms with Crippen LogP contribution in [-0.2, 0) is 9.36 Å². The molecule has 0 radical (unpaired) electrons. The fourth-order valence-corrected chi connectivity index (χ4v) is 1.95. The maximum Gasteiger partial charge on any atom is 0.224 e. The Bertz CT molecular complexity index is 174. The first kappa shape index (κ1) is 10.2. The van der Waals surface area contributed by atoms with Crippen LogP contribution in [0, 0.1) is 5.92 Å². The van der Waals surface area contributed by atoms with E-state index in [0.717, 1.165) is 0 Å². The second-order valence-corrected chi connectivity index (χ2v) is 5.28. The summed E-state index contributed by atoms with van der Waals surface area (Å²) >= 11 is 5.06. The Morgan fingerprint density at radius 2 is 2.20 bits per heavy atom. The maximum atomic E-state index is 10.7. The van der Waals surface area contributed by atoms with Crippen molar-refractivity contribution in [3.8, 4) is 0 Å². The monoisotopic (exact) mass is 184 g/mol. The van der Waals surface area contributed by atoms with Crippen molar-refractivity contribution in [2.45, 2.75) is 6.92 Å². The van der Waals surface area contributed by atoms with Crippen molar-refractivity contribution in [3.63, 3.8) is 0 Å². The summed E-state index contributed by atoms with van der Waals surface area (Å²) in [5, 5.41) is -0.559. The Hall–Kier alpha value is 0.150. The van der Waals surface area contributed by atoms with E-state index in [1.165, 1.54) is 13.6 Å². The van der Waals surface area contributed by atoms with Gasteiger partial charge in [-0.25, -0.2) is 0 Å². The zero-order valence-corrected chi connectivity index (χ0v) is 7.52. The highest BCUT2D eigenvalue weighted by atomic mass is 35.5. The first-order valence-corrected chi connectivity index (χ1v) is 5.48. The normalized spacial score (nSPS) is 19.6. The summed E-state index contributed by atoms with van der Waals surface area (Å²) in [6.07, 6.45) is -0.0324. The van der Waals surface area contributed by atoms with Crippen molar-refractivity contribution < 1.29 is 14.3 Å². The molecule has 3 nitrogen and oxygen atoms in total. The van der Waals surface area contributed by atoms with Gasteiger partial charge in [0.05, 0.1) is 0 Å². The predicted octanol–water partition coefficient (Wildman–Crippen LogP) is 1.29. The van der Waals surface area contributed by atoms with Crippen molar-refractivity contribution in [1.82, 2.24) is 0 Å². The van der Waals surface area contributed by atoms with Crippen molar-refractivity contribution in [3.05, 3.63) is 0 Å². The summed E-state index contributed by atoms with van der Waals surface area (Å²) in [6, 6.07) is 0. The summed E-state index contributed by atoms with van der Waals surface area (Å²) in [6.45, 7) is 2.74. The van der Waals surface area contributed by atoms with Crippen LogP contribution in [0.1, 0.15) is 6.92 Å². The van der Waals surface area contributed by atoms with Crippen molar-refractivity contribution >= 4 is 24.2 Å². The van der Waals surface area contributed by atoms with Gasteiger partial charge in [0.25, 0.3) is 0 Å². The molecule has 2 unspecified atom stereocenters. The first-order chi connectivity index (χ1) is 4.33. The number of hydrogen-bond donors (Lipinski definition) is 1. The Balaban J connectivity index is 3.93. The molecule has 0 heterocycles. The van der Waals surface area contributed by atoms with Gasteiger partial charge < -0.3 is 4.89 Å². The highest BCUT2D eigenvalue weighted by Gasteiger charge is 2.19. The highest BCUT2D eigenvalue weighted by Crippen LogP contribution is 2.37. The van der Waals surface area contributed by atoms with E-state index in [1.807, 2.05) is 0 Å². The van der Waals surface area contributed by atoms with E-state index in [4.69, 9.17) is 16.5 Å². The molecule has 0 amide bonds. The molecule has 0 aliphatic heterocycles. The predicted molar refractivity (Wildman–Crippen MR) is 40.6 cm³/mol. The van der Waals surface area contributed by atoms with Gasteiger partial charge in [0.15, 0.2) is 7.37 Å². The lowest BCUT2D eigenvalue weighted by atomic mass is 10.2. The van der Waals surface area contributed by atoms with Crippen LogP contribution in [0.25, 0.3) is 0 Å². The lowest BCUT2D eigenvalue weighted by Crippen LogP contribution is -2.08. The molecule has 2 atom stereocenters. The molecule has 0 spiro atoms. The Labute approximate surface area is 64.8 Å². The largest absolute Gasteiger partial charge is 0.344 e. The number of hydrogen-bond acceptors (Lipinski definition) is 2. The zero-order chi connectivity index (χ0) is 8.36. The lowest BCUT2D eigenvalue weighted by molar-refractivity contribution is -0.114. The Kier molecular flexibility index (Phi) is 3.57. The van der Waals surface area contributed by atoms with Crippen LogP contribution in [0.5, 0.6) is 0 Å². The van der Waals surface area contributed by atoms with Gasteiger partial charge in [0, 0.05) is 18.7 Å². The molecule has 5 heteroatoms. The van der Waals surface area contributed by atoms with Crippen molar-refractivity contribution in [1.29, 1.82) is 0 Å². The summed E-state index contributed by atoms with van der Waals surface area (Å²) < 4.78 is 10.7. The van der Waals surface area contributed by atoms with Crippen LogP contribution < -0.4 is 0 Å². The van der Waals surface area contributed by atoms with Crippen LogP contribution in [0.3, 0.4) is 0 Å². The second-order valence-electron chi connectivity index (χ2n) is 2.44. The third kappa shape index (κ3) is 4.98. The Morgan fingerprint density at radius 1 is 1.80 bits per heavy atom. The van der Waals surface area contributed by atoms with E-state index in [9.17, 15) is 9.36 Å². The zero-order valence-electron chi connectivity index (χ0n) is 5.87. The number of carbonyl (C=O) groups is 1. The van der Waals surface area contributed by atoms with Gasteiger partial charge in [0.1, 0.15) is 0 Å². The standard InChI is InChI=1S/C5H10ClO3P/c1-4(5(6)7)3-10(2,8)9/h4H,3H2,1-2H3,(H,8,9). The minimum absolute atomic E-state index is 0.0324. The molecule has 0 bridgehead atoms. The fraction of sp³-hybridized carbons (Fsp3) is 0.800. The summed E-state index contributed by atoms with van der Waals surface area (Å²) in [7, 11) is -3.08. The van der Waals surface area contributed by atoms with Crippen LogP contribution >= 0.6 is 19.0 Å². The van der Waals surface area contributed by atoms with E-state index in [0.29, 0.717) is 0 Å². The molecule has 0 aromatic carbocycles. The van der Waals surface area contributed by atoms with Crippen molar-refractivity contribution in [2.24, 2.45) is 5.92 Å². The van der Waals surface area contributed by atoms with Gasteiger partial charge in [-0.05, 0) is 11.6 Å². The molecule has 1 N–H and O–H groups in total. The summed E-state index contributed by atoms with van der Waals surface area (Å²) in [5.74, 6) is -0.525. The van der Waals surface area contributed by atoms with E-state index in [1.54, 1.807) is 0 Å².